The fourth-order valence-electron chi connectivity index (χ4n) is 5.84. The molecule has 0 aromatic carbocycles. The Morgan fingerprint density at radius 3 is 1.45 bits per heavy atom. The van der Waals surface area contributed by atoms with Gasteiger partial charge in [-0.15, -0.1) is 0 Å². The number of phosphoric ester groups is 1. The smallest absolute Gasteiger partial charge is 0.462 e. The van der Waals surface area contributed by atoms with Gasteiger partial charge in [0.2, 0.25) is 0 Å². The van der Waals surface area contributed by atoms with Crippen LogP contribution in [0.5, 0.6) is 0 Å². The van der Waals surface area contributed by atoms with Gasteiger partial charge in [0.25, 0.3) is 0 Å². The Kier molecular flexibility index (Phi) is 39.1. The number of aliphatic hydroxyl groups is 2. The first kappa shape index (κ1) is 53.2. The summed E-state index contributed by atoms with van der Waals surface area (Å²) in [6, 6.07) is 0. The maximum absolute atomic E-state index is 12.6. The van der Waals surface area contributed by atoms with Crippen molar-refractivity contribution in [1.82, 2.24) is 0 Å². The highest BCUT2D eigenvalue weighted by molar-refractivity contribution is 7.47. The maximum atomic E-state index is 12.6. The number of allylic oxidation sites excluding steroid dienone is 6. The number of aliphatic hydroxyl groups excluding tert-OH is 2. The van der Waals surface area contributed by atoms with Gasteiger partial charge in [-0.25, -0.2) is 4.57 Å². The number of carbonyl (C=O) groups excluding carboxylic acids is 2. The van der Waals surface area contributed by atoms with Gasteiger partial charge >= 0.3 is 19.8 Å². The van der Waals surface area contributed by atoms with E-state index in [2.05, 4.69) is 54.8 Å². The minimum Gasteiger partial charge on any atom is -0.462 e. The van der Waals surface area contributed by atoms with Crippen LogP contribution in [-0.2, 0) is 32.7 Å². The van der Waals surface area contributed by atoms with Crippen molar-refractivity contribution in [2.24, 2.45) is 0 Å². The molecule has 0 fully saturated rings. The SMILES string of the molecule is CCCCC/C=C/C/C=C/CCCCCCCCCCCC(=O)OC[C@@H](COP(=O)(O)OC[C@H](O)CO)OC(=O)CCCCCCC/C=C/CCCCCC. The van der Waals surface area contributed by atoms with Crippen molar-refractivity contribution >= 4 is 19.8 Å². The van der Waals surface area contributed by atoms with Gasteiger partial charge in [-0.05, 0) is 70.6 Å². The van der Waals surface area contributed by atoms with E-state index in [4.69, 9.17) is 19.1 Å². The summed E-state index contributed by atoms with van der Waals surface area (Å²) in [6.45, 7) is 2.33. The molecule has 0 rings (SSSR count). The normalized spacial score (nSPS) is 14.2. The zero-order chi connectivity index (χ0) is 40.5. The Labute approximate surface area is 335 Å². The van der Waals surface area contributed by atoms with Crippen LogP contribution >= 0.6 is 7.82 Å². The quantitative estimate of drug-likeness (QED) is 0.0236. The molecule has 11 heteroatoms. The zero-order valence-corrected chi connectivity index (χ0v) is 35.8. The molecule has 0 amide bonds. The van der Waals surface area contributed by atoms with Crippen LogP contribution in [0.2, 0.25) is 0 Å². The topological polar surface area (TPSA) is 149 Å². The average molecular weight is 801 g/mol. The highest BCUT2D eigenvalue weighted by Crippen LogP contribution is 2.43. The third kappa shape index (κ3) is 40.2. The van der Waals surface area contributed by atoms with E-state index in [0.717, 1.165) is 70.6 Å². The second-order valence-corrected chi connectivity index (χ2v) is 16.2. The highest BCUT2D eigenvalue weighted by Gasteiger charge is 2.27. The lowest BCUT2D eigenvalue weighted by Crippen LogP contribution is -2.29. The molecule has 10 nitrogen and oxygen atoms in total. The van der Waals surface area contributed by atoms with E-state index in [1.165, 1.54) is 83.5 Å². The van der Waals surface area contributed by atoms with Crippen LogP contribution in [0, 0.1) is 0 Å². The minimum atomic E-state index is -4.62. The molecule has 0 spiro atoms. The summed E-state index contributed by atoms with van der Waals surface area (Å²) in [5, 5.41) is 18.3. The average Bonchev–Trinajstić information content (AvgIpc) is 3.17. The van der Waals surface area contributed by atoms with Crippen LogP contribution in [-0.4, -0.2) is 65.7 Å². The second kappa shape index (κ2) is 40.4. The van der Waals surface area contributed by atoms with Crippen molar-refractivity contribution < 1.29 is 47.8 Å². The van der Waals surface area contributed by atoms with E-state index < -0.39 is 51.8 Å². The molecule has 0 heterocycles. The first-order chi connectivity index (χ1) is 26.7. The summed E-state index contributed by atoms with van der Waals surface area (Å²) >= 11 is 0. The predicted molar refractivity (Wildman–Crippen MR) is 224 cm³/mol. The molecule has 322 valence electrons. The van der Waals surface area contributed by atoms with Gasteiger partial charge < -0.3 is 24.6 Å². The number of rotatable bonds is 41. The highest BCUT2D eigenvalue weighted by atomic mass is 31.2. The molecule has 0 bridgehead atoms. The third-order valence-electron chi connectivity index (χ3n) is 9.27. The van der Waals surface area contributed by atoms with Crippen LogP contribution in [0.4, 0.5) is 0 Å². The molecule has 0 saturated heterocycles. The molecule has 0 aliphatic heterocycles. The van der Waals surface area contributed by atoms with Gasteiger partial charge in [-0.3, -0.25) is 18.6 Å². The first-order valence-electron chi connectivity index (χ1n) is 21.9. The van der Waals surface area contributed by atoms with Crippen LogP contribution in [0.25, 0.3) is 0 Å². The van der Waals surface area contributed by atoms with E-state index in [0.29, 0.717) is 12.8 Å². The molecular formula is C44H81O10P. The lowest BCUT2D eigenvalue weighted by Gasteiger charge is -2.20. The molecule has 0 saturated carbocycles. The molecule has 0 aliphatic carbocycles. The van der Waals surface area contributed by atoms with Crippen molar-refractivity contribution in [2.45, 2.75) is 206 Å². The fourth-order valence-corrected chi connectivity index (χ4v) is 6.63. The molecule has 3 atom stereocenters. The van der Waals surface area contributed by atoms with E-state index in [1.54, 1.807) is 0 Å². The van der Waals surface area contributed by atoms with Crippen LogP contribution in [0.1, 0.15) is 194 Å². The molecule has 0 aliphatic rings. The lowest BCUT2D eigenvalue weighted by atomic mass is 10.1. The summed E-state index contributed by atoms with van der Waals surface area (Å²) < 4.78 is 32.7. The largest absolute Gasteiger partial charge is 0.472 e. The Bertz CT molecular complexity index is 1010. The summed E-state index contributed by atoms with van der Waals surface area (Å²) in [6.07, 6.45) is 41.1. The van der Waals surface area contributed by atoms with E-state index in [-0.39, 0.29) is 19.4 Å². The van der Waals surface area contributed by atoms with Crippen molar-refractivity contribution in [3.8, 4) is 0 Å². The third-order valence-corrected chi connectivity index (χ3v) is 10.2. The zero-order valence-electron chi connectivity index (χ0n) is 34.9. The van der Waals surface area contributed by atoms with Crippen LogP contribution < -0.4 is 0 Å². The van der Waals surface area contributed by atoms with E-state index >= 15 is 0 Å². The molecule has 0 aromatic rings. The lowest BCUT2D eigenvalue weighted by molar-refractivity contribution is -0.161. The van der Waals surface area contributed by atoms with Gasteiger partial charge in [0.15, 0.2) is 6.10 Å². The number of ether oxygens (including phenoxy) is 2. The van der Waals surface area contributed by atoms with Crippen LogP contribution in [0.15, 0.2) is 36.5 Å². The second-order valence-electron chi connectivity index (χ2n) is 14.7. The van der Waals surface area contributed by atoms with Gasteiger partial charge in [0.05, 0.1) is 19.8 Å². The maximum Gasteiger partial charge on any atom is 0.472 e. The van der Waals surface area contributed by atoms with Gasteiger partial charge in [-0.2, -0.15) is 0 Å². The Balaban J connectivity index is 4.26. The predicted octanol–water partition coefficient (Wildman–Crippen LogP) is 11.6. The number of carbonyl (C=O) groups is 2. The van der Waals surface area contributed by atoms with Crippen LogP contribution in [0.3, 0.4) is 0 Å². The number of hydrogen-bond acceptors (Lipinski definition) is 9. The van der Waals surface area contributed by atoms with Crippen molar-refractivity contribution in [2.75, 3.05) is 26.4 Å². The Hall–Kier alpha value is -1.81. The number of unbranched alkanes of at least 4 members (excludes halogenated alkanes) is 21. The summed E-state index contributed by atoms with van der Waals surface area (Å²) in [7, 11) is -4.62. The van der Waals surface area contributed by atoms with Gasteiger partial charge in [-0.1, -0.05) is 147 Å². The number of hydrogen-bond donors (Lipinski definition) is 3. The summed E-state index contributed by atoms with van der Waals surface area (Å²) in [5.41, 5.74) is 0. The minimum absolute atomic E-state index is 0.173. The molecule has 55 heavy (non-hydrogen) atoms. The molecular weight excluding hydrogens is 719 g/mol. The Morgan fingerprint density at radius 1 is 0.545 bits per heavy atom. The molecule has 1 unspecified atom stereocenters. The van der Waals surface area contributed by atoms with E-state index in [9.17, 15) is 24.2 Å². The first-order valence-corrected chi connectivity index (χ1v) is 23.4. The van der Waals surface area contributed by atoms with Crippen molar-refractivity contribution in [3.63, 3.8) is 0 Å². The number of phosphoric acid groups is 1. The summed E-state index contributed by atoms with van der Waals surface area (Å²) in [4.78, 5) is 35.0. The fraction of sp³-hybridized carbons (Fsp3) is 0.818. The van der Waals surface area contributed by atoms with Gasteiger partial charge in [0.1, 0.15) is 12.7 Å². The number of esters is 2. The molecule has 3 N–H and O–H groups in total. The standard InChI is InChI=1S/C44H81O10P/c1-3-5-7-9-11-13-15-17-18-19-20-21-22-24-25-27-29-31-33-35-43(47)51-39-42(40-53-55(49,50)52-38-41(46)37-45)54-44(48)36-34-32-30-28-26-23-16-14-12-10-8-6-4-2/h11,13-14,16-18,41-42,45-46H,3-10,12,15,19-40H2,1-2H3,(H,49,50)/b13-11+,16-14+,18-17+/t41-,42+/m1/s1. The van der Waals surface area contributed by atoms with Gasteiger partial charge in [0, 0.05) is 12.8 Å². The van der Waals surface area contributed by atoms with Crippen molar-refractivity contribution in [3.05, 3.63) is 36.5 Å². The van der Waals surface area contributed by atoms with Crippen molar-refractivity contribution in [1.29, 1.82) is 0 Å². The molecule has 0 radical (unpaired) electrons. The van der Waals surface area contributed by atoms with E-state index in [1.807, 2.05) is 0 Å². The Morgan fingerprint density at radius 2 is 0.945 bits per heavy atom. The summed E-state index contributed by atoms with van der Waals surface area (Å²) in [5.74, 6) is -0.938. The molecule has 0 aromatic heterocycles. The monoisotopic (exact) mass is 801 g/mol.